The molecule has 0 atom stereocenters. The fraction of sp³-hybridized carbons (Fsp3) is 0.353. The number of ether oxygens (including phenoxy) is 1. The van der Waals surface area contributed by atoms with Crippen LogP contribution in [0.4, 0.5) is 10.1 Å². The van der Waals surface area contributed by atoms with E-state index in [9.17, 15) is 4.39 Å². The maximum absolute atomic E-state index is 13.7. The molecule has 0 bridgehead atoms. The Morgan fingerprint density at radius 3 is 2.81 bits per heavy atom. The van der Waals surface area contributed by atoms with Crippen LogP contribution in [-0.2, 0) is 0 Å². The first-order valence-corrected chi connectivity index (χ1v) is 7.36. The van der Waals surface area contributed by atoms with Crippen LogP contribution in [0.5, 0.6) is 5.88 Å². The second-order valence-electron chi connectivity index (χ2n) is 5.32. The van der Waals surface area contributed by atoms with Gasteiger partial charge in [-0.25, -0.2) is 9.37 Å². The highest BCUT2D eigenvalue weighted by Crippen LogP contribution is 2.40. The van der Waals surface area contributed by atoms with Crippen molar-refractivity contribution in [2.45, 2.75) is 31.7 Å². The van der Waals surface area contributed by atoms with Crippen LogP contribution in [0.25, 0.3) is 0 Å². The molecule has 2 aromatic rings. The summed E-state index contributed by atoms with van der Waals surface area (Å²) < 4.78 is 19.2. The summed E-state index contributed by atoms with van der Waals surface area (Å²) in [6.45, 7) is 2.53. The van der Waals surface area contributed by atoms with E-state index >= 15 is 0 Å². The van der Waals surface area contributed by atoms with Crippen LogP contribution in [0.15, 0.2) is 42.6 Å². The van der Waals surface area contributed by atoms with Gasteiger partial charge in [-0.05, 0) is 49.4 Å². The average molecular weight is 286 g/mol. The third kappa shape index (κ3) is 2.99. The quantitative estimate of drug-likeness (QED) is 0.902. The van der Waals surface area contributed by atoms with Gasteiger partial charge in [-0.2, -0.15) is 0 Å². The number of benzene rings is 1. The number of nitrogens with one attached hydrogen (secondary N) is 1. The molecule has 3 rings (SSSR count). The minimum absolute atomic E-state index is 0.0997. The van der Waals surface area contributed by atoms with Gasteiger partial charge in [-0.15, -0.1) is 0 Å². The van der Waals surface area contributed by atoms with Gasteiger partial charge >= 0.3 is 0 Å². The van der Waals surface area contributed by atoms with E-state index < -0.39 is 0 Å². The molecule has 0 unspecified atom stereocenters. The molecular formula is C17H19FN2O. The number of halogens is 1. The molecule has 0 aliphatic heterocycles. The molecule has 110 valence electrons. The largest absolute Gasteiger partial charge is 0.476 e. The Hall–Kier alpha value is -2.10. The van der Waals surface area contributed by atoms with E-state index in [4.69, 9.17) is 4.74 Å². The van der Waals surface area contributed by atoms with E-state index in [0.717, 1.165) is 24.1 Å². The van der Waals surface area contributed by atoms with Crippen molar-refractivity contribution in [1.29, 1.82) is 0 Å². The summed E-state index contributed by atoms with van der Waals surface area (Å²) in [6, 6.07) is 11.2. The van der Waals surface area contributed by atoms with Crippen molar-refractivity contribution in [3.8, 4) is 5.88 Å². The maximum Gasteiger partial charge on any atom is 0.237 e. The van der Waals surface area contributed by atoms with Gasteiger partial charge in [0.1, 0.15) is 5.82 Å². The van der Waals surface area contributed by atoms with Gasteiger partial charge < -0.3 is 10.1 Å². The molecular weight excluding hydrogens is 267 g/mol. The van der Waals surface area contributed by atoms with E-state index in [1.165, 1.54) is 6.07 Å². The van der Waals surface area contributed by atoms with Gasteiger partial charge in [-0.1, -0.05) is 18.2 Å². The van der Waals surface area contributed by atoms with Gasteiger partial charge in [0.25, 0.3) is 0 Å². The second-order valence-corrected chi connectivity index (χ2v) is 5.32. The minimum atomic E-state index is -0.0997. The van der Waals surface area contributed by atoms with E-state index in [0.29, 0.717) is 24.4 Å². The third-order valence-corrected chi connectivity index (χ3v) is 3.89. The predicted octanol–water partition coefficient (Wildman–Crippen LogP) is 3.98. The summed E-state index contributed by atoms with van der Waals surface area (Å²) in [7, 11) is 0. The molecule has 4 heteroatoms. The first-order valence-electron chi connectivity index (χ1n) is 7.36. The van der Waals surface area contributed by atoms with Crippen LogP contribution in [0.1, 0.15) is 31.2 Å². The lowest BCUT2D eigenvalue weighted by atomic mass is 9.75. The zero-order chi connectivity index (χ0) is 14.7. The number of rotatable bonds is 5. The van der Waals surface area contributed by atoms with Gasteiger partial charge in [0, 0.05) is 12.2 Å². The Labute approximate surface area is 124 Å². The van der Waals surface area contributed by atoms with E-state index in [1.54, 1.807) is 12.3 Å². The molecule has 0 amide bonds. The molecule has 0 spiro atoms. The molecule has 1 fully saturated rings. The van der Waals surface area contributed by atoms with Crippen molar-refractivity contribution < 1.29 is 9.13 Å². The first-order chi connectivity index (χ1) is 10.3. The molecule has 1 aliphatic carbocycles. The Balaban J connectivity index is 1.62. The summed E-state index contributed by atoms with van der Waals surface area (Å²) in [4.78, 5) is 4.23. The lowest BCUT2D eigenvalue weighted by Gasteiger charge is -2.37. The second kappa shape index (κ2) is 6.12. The van der Waals surface area contributed by atoms with E-state index in [-0.39, 0.29) is 5.82 Å². The predicted molar refractivity (Wildman–Crippen MR) is 81.2 cm³/mol. The highest BCUT2D eigenvalue weighted by Gasteiger charge is 2.32. The molecule has 1 heterocycles. The van der Waals surface area contributed by atoms with Crippen molar-refractivity contribution in [2.75, 3.05) is 11.9 Å². The van der Waals surface area contributed by atoms with Crippen LogP contribution in [0.2, 0.25) is 0 Å². The van der Waals surface area contributed by atoms with Crippen LogP contribution >= 0.6 is 0 Å². The van der Waals surface area contributed by atoms with Gasteiger partial charge in [0.05, 0.1) is 12.3 Å². The summed E-state index contributed by atoms with van der Waals surface area (Å²) in [6.07, 6.45) is 3.59. The van der Waals surface area contributed by atoms with Gasteiger partial charge in [-0.3, -0.25) is 0 Å². The van der Waals surface area contributed by atoms with Crippen LogP contribution in [0.3, 0.4) is 0 Å². The van der Waals surface area contributed by atoms with Crippen molar-refractivity contribution >= 4 is 5.69 Å². The summed E-state index contributed by atoms with van der Waals surface area (Å²) in [5.41, 5.74) is 1.74. The molecule has 1 aromatic heterocycles. The Morgan fingerprint density at radius 1 is 1.24 bits per heavy atom. The topological polar surface area (TPSA) is 34.1 Å². The Bertz CT molecular complexity index is 611. The van der Waals surface area contributed by atoms with Gasteiger partial charge in [0.2, 0.25) is 5.88 Å². The standard InChI is InChI=1S/C17H19FN2O/c1-2-21-17-16(8-5-9-19-17)20-13-10-12(11-13)14-6-3-4-7-15(14)18/h3-9,12-13,20H,2,10-11H2,1H3. The number of hydrogen-bond donors (Lipinski definition) is 1. The van der Waals surface area contributed by atoms with Crippen molar-refractivity contribution in [3.63, 3.8) is 0 Å². The fourth-order valence-corrected chi connectivity index (χ4v) is 2.77. The highest BCUT2D eigenvalue weighted by atomic mass is 19.1. The number of hydrogen-bond acceptors (Lipinski definition) is 3. The molecule has 21 heavy (non-hydrogen) atoms. The van der Waals surface area contributed by atoms with Crippen molar-refractivity contribution in [1.82, 2.24) is 4.98 Å². The zero-order valence-corrected chi connectivity index (χ0v) is 12.1. The number of anilines is 1. The summed E-state index contributed by atoms with van der Waals surface area (Å²) in [5.74, 6) is 0.836. The van der Waals surface area contributed by atoms with Crippen LogP contribution in [-0.4, -0.2) is 17.6 Å². The lowest BCUT2D eigenvalue weighted by molar-refractivity contribution is 0.324. The van der Waals surface area contributed by atoms with Crippen LogP contribution < -0.4 is 10.1 Å². The SMILES string of the molecule is CCOc1ncccc1NC1CC(c2ccccc2F)C1. The monoisotopic (exact) mass is 286 g/mol. The molecule has 0 saturated heterocycles. The van der Waals surface area contributed by atoms with E-state index in [2.05, 4.69) is 10.3 Å². The van der Waals surface area contributed by atoms with Crippen LogP contribution in [0, 0.1) is 5.82 Å². The fourth-order valence-electron chi connectivity index (χ4n) is 2.77. The van der Waals surface area contributed by atoms with E-state index in [1.807, 2.05) is 31.2 Å². The Morgan fingerprint density at radius 2 is 2.05 bits per heavy atom. The normalized spacial score (nSPS) is 20.7. The number of aromatic nitrogens is 1. The number of nitrogens with zero attached hydrogens (tertiary/aromatic N) is 1. The third-order valence-electron chi connectivity index (χ3n) is 3.89. The molecule has 1 saturated carbocycles. The van der Waals surface area contributed by atoms with Crippen molar-refractivity contribution in [2.24, 2.45) is 0 Å². The molecule has 1 N–H and O–H groups in total. The lowest BCUT2D eigenvalue weighted by Crippen LogP contribution is -2.34. The van der Waals surface area contributed by atoms with Crippen molar-refractivity contribution in [3.05, 3.63) is 54.0 Å². The van der Waals surface area contributed by atoms with Gasteiger partial charge in [0.15, 0.2) is 0 Å². The Kier molecular flexibility index (Phi) is 4.04. The molecule has 1 aromatic carbocycles. The zero-order valence-electron chi connectivity index (χ0n) is 12.1. The molecule has 3 nitrogen and oxygen atoms in total. The maximum atomic E-state index is 13.7. The molecule has 1 aliphatic rings. The first kappa shape index (κ1) is 13.9. The summed E-state index contributed by atoms with van der Waals surface area (Å²) in [5, 5.41) is 3.44. The average Bonchev–Trinajstić information content (AvgIpc) is 2.45. The number of pyridine rings is 1. The molecule has 0 radical (unpaired) electrons. The summed E-state index contributed by atoms with van der Waals surface area (Å²) >= 11 is 0. The highest BCUT2D eigenvalue weighted by molar-refractivity contribution is 5.53. The smallest absolute Gasteiger partial charge is 0.237 e. The minimum Gasteiger partial charge on any atom is -0.476 e.